The molecule has 2 amide bonds. The highest BCUT2D eigenvalue weighted by molar-refractivity contribution is 9.10. The van der Waals surface area contributed by atoms with E-state index in [0.29, 0.717) is 17.9 Å². The summed E-state index contributed by atoms with van der Waals surface area (Å²) in [7, 11) is 1.56. The van der Waals surface area contributed by atoms with E-state index in [-0.39, 0.29) is 29.4 Å². The molecule has 0 unspecified atom stereocenters. The monoisotopic (exact) mass is 568 g/mol. The van der Waals surface area contributed by atoms with Crippen molar-refractivity contribution in [1.82, 2.24) is 5.01 Å². The maximum Gasteiger partial charge on any atom is 0.247 e. The molecule has 0 bridgehead atoms. The van der Waals surface area contributed by atoms with Crippen molar-refractivity contribution < 1.29 is 14.3 Å². The molecule has 1 fully saturated rings. The Morgan fingerprint density at radius 2 is 1.86 bits per heavy atom. The van der Waals surface area contributed by atoms with E-state index >= 15 is 0 Å². The fourth-order valence-electron chi connectivity index (χ4n) is 4.12. The van der Waals surface area contributed by atoms with Gasteiger partial charge < -0.3 is 4.74 Å². The van der Waals surface area contributed by atoms with E-state index < -0.39 is 5.25 Å². The van der Waals surface area contributed by atoms with Gasteiger partial charge in [-0.25, -0.2) is 9.91 Å². The number of nitrogens with zero attached hydrogens (tertiary/aromatic N) is 3. The molecule has 5 rings (SSSR count). The number of thiophene rings is 1. The first-order valence-electron chi connectivity index (χ1n) is 10.9. The van der Waals surface area contributed by atoms with Gasteiger partial charge in [0.25, 0.3) is 0 Å². The van der Waals surface area contributed by atoms with Gasteiger partial charge in [-0.2, -0.15) is 5.10 Å². The van der Waals surface area contributed by atoms with Crippen LogP contribution in [0.4, 0.5) is 5.69 Å². The van der Waals surface area contributed by atoms with Gasteiger partial charge in [0.15, 0.2) is 5.17 Å². The van der Waals surface area contributed by atoms with Crippen molar-refractivity contribution >= 4 is 67.4 Å². The summed E-state index contributed by atoms with van der Waals surface area (Å²) >= 11 is 6.17. The predicted molar refractivity (Wildman–Crippen MR) is 143 cm³/mol. The number of hydrogen-bond acceptors (Lipinski definition) is 7. The molecule has 0 aliphatic carbocycles. The third-order valence-electron chi connectivity index (χ3n) is 5.87. The van der Waals surface area contributed by atoms with Gasteiger partial charge >= 0.3 is 0 Å². The second-order valence-electron chi connectivity index (χ2n) is 8.02. The Balaban J connectivity index is 1.37. The second-order valence-corrected chi connectivity index (χ2v) is 11.1. The number of anilines is 1. The van der Waals surface area contributed by atoms with Crippen LogP contribution in [-0.2, 0) is 9.59 Å². The summed E-state index contributed by atoms with van der Waals surface area (Å²) in [6, 6.07) is 18.6. The lowest BCUT2D eigenvalue weighted by Gasteiger charge is -2.24. The van der Waals surface area contributed by atoms with Crippen LogP contribution in [0.15, 0.2) is 75.6 Å². The van der Waals surface area contributed by atoms with Crippen LogP contribution in [0.2, 0.25) is 0 Å². The van der Waals surface area contributed by atoms with Gasteiger partial charge in [-0.05, 0) is 53.4 Å². The van der Waals surface area contributed by atoms with Crippen molar-refractivity contribution in [3.8, 4) is 5.75 Å². The van der Waals surface area contributed by atoms with E-state index in [9.17, 15) is 9.59 Å². The lowest BCUT2D eigenvalue weighted by atomic mass is 10.0. The molecule has 1 saturated heterocycles. The van der Waals surface area contributed by atoms with Crippen LogP contribution in [0, 0.1) is 5.41 Å². The predicted octanol–water partition coefficient (Wildman–Crippen LogP) is 5.67. The molecule has 35 heavy (non-hydrogen) atoms. The van der Waals surface area contributed by atoms with Crippen LogP contribution >= 0.6 is 39.0 Å². The molecule has 0 saturated carbocycles. The number of imide groups is 1. The number of benzene rings is 2. The summed E-state index contributed by atoms with van der Waals surface area (Å²) in [6.07, 6.45) is 0.691. The Bertz CT molecular complexity index is 1290. The molecule has 10 heteroatoms. The average Bonchev–Trinajstić information content (AvgIpc) is 3.60. The van der Waals surface area contributed by atoms with E-state index in [4.69, 9.17) is 15.2 Å². The number of carbonyl (C=O) groups excluding carboxylic acids is 2. The fourth-order valence-corrected chi connectivity index (χ4v) is 6.08. The average molecular weight is 570 g/mol. The Morgan fingerprint density at radius 1 is 1.11 bits per heavy atom. The van der Waals surface area contributed by atoms with Gasteiger partial charge in [0, 0.05) is 17.3 Å². The SMILES string of the molecule is COc1ccc(N2C(=O)C[C@@H](SC(=N)N3N=C(c4cccs4)C[C@H]3c3ccc(Br)cc3)C2=O)cc1. The highest BCUT2D eigenvalue weighted by Gasteiger charge is 2.42. The number of ether oxygens (including phenoxy) is 1. The number of hydrazone groups is 1. The fraction of sp³-hybridized carbons (Fsp3) is 0.200. The van der Waals surface area contributed by atoms with Crippen LogP contribution in [0.25, 0.3) is 0 Å². The Hall–Kier alpha value is -2.95. The number of hydrogen-bond donors (Lipinski definition) is 1. The van der Waals surface area contributed by atoms with Crippen molar-refractivity contribution in [2.75, 3.05) is 12.0 Å². The van der Waals surface area contributed by atoms with Crippen molar-refractivity contribution in [3.63, 3.8) is 0 Å². The maximum absolute atomic E-state index is 13.2. The van der Waals surface area contributed by atoms with Crippen molar-refractivity contribution in [2.24, 2.45) is 5.10 Å². The number of amides is 2. The third-order valence-corrected chi connectivity index (χ3v) is 8.38. The van der Waals surface area contributed by atoms with Gasteiger partial charge in [0.2, 0.25) is 11.8 Å². The molecule has 1 N–H and O–H groups in total. The second kappa shape index (κ2) is 9.96. The van der Waals surface area contributed by atoms with Crippen molar-refractivity contribution in [3.05, 3.63) is 81.0 Å². The molecule has 2 atom stereocenters. The molecule has 0 radical (unpaired) electrons. The minimum Gasteiger partial charge on any atom is -0.497 e. The molecule has 178 valence electrons. The summed E-state index contributed by atoms with van der Waals surface area (Å²) in [5, 5.41) is 16.8. The number of rotatable bonds is 5. The van der Waals surface area contributed by atoms with Crippen LogP contribution in [0.5, 0.6) is 5.75 Å². The first kappa shape index (κ1) is 23.8. The van der Waals surface area contributed by atoms with Crippen LogP contribution in [0.3, 0.4) is 0 Å². The van der Waals surface area contributed by atoms with Crippen LogP contribution < -0.4 is 9.64 Å². The molecule has 0 spiro atoms. The lowest BCUT2D eigenvalue weighted by molar-refractivity contribution is -0.121. The largest absolute Gasteiger partial charge is 0.497 e. The van der Waals surface area contributed by atoms with E-state index in [1.165, 1.54) is 4.90 Å². The first-order chi connectivity index (χ1) is 16.9. The van der Waals surface area contributed by atoms with Gasteiger partial charge in [-0.1, -0.05) is 45.9 Å². The summed E-state index contributed by atoms with van der Waals surface area (Å²) in [6.45, 7) is 0. The number of halogens is 1. The Kier molecular flexibility index (Phi) is 6.77. The van der Waals surface area contributed by atoms with Crippen LogP contribution in [0.1, 0.15) is 29.3 Å². The molecule has 7 nitrogen and oxygen atoms in total. The van der Waals surface area contributed by atoms with Gasteiger partial charge in [0.1, 0.15) is 11.0 Å². The zero-order valence-corrected chi connectivity index (χ0v) is 21.9. The topological polar surface area (TPSA) is 86.1 Å². The number of methoxy groups -OCH3 is 1. The number of thioether (sulfide) groups is 1. The molecule has 2 aliphatic rings. The van der Waals surface area contributed by atoms with Crippen molar-refractivity contribution in [1.29, 1.82) is 5.41 Å². The number of carbonyl (C=O) groups is 2. The van der Waals surface area contributed by atoms with E-state index in [2.05, 4.69) is 15.9 Å². The zero-order chi connectivity index (χ0) is 24.5. The van der Waals surface area contributed by atoms with Gasteiger partial charge in [-0.3, -0.25) is 15.0 Å². The highest BCUT2D eigenvalue weighted by Crippen LogP contribution is 2.38. The van der Waals surface area contributed by atoms with E-state index in [1.54, 1.807) is 47.7 Å². The summed E-state index contributed by atoms with van der Waals surface area (Å²) < 4.78 is 6.14. The van der Waals surface area contributed by atoms with Crippen molar-refractivity contribution in [2.45, 2.75) is 24.1 Å². The third kappa shape index (κ3) is 4.78. The van der Waals surface area contributed by atoms with E-state index in [0.717, 1.165) is 32.4 Å². The minimum absolute atomic E-state index is 0.0379. The zero-order valence-electron chi connectivity index (χ0n) is 18.7. The molecule has 1 aromatic heterocycles. The quantitative estimate of drug-likeness (QED) is 0.243. The highest BCUT2D eigenvalue weighted by atomic mass is 79.9. The van der Waals surface area contributed by atoms with E-state index in [1.807, 2.05) is 41.8 Å². The molecule has 3 aromatic rings. The maximum atomic E-state index is 13.2. The lowest BCUT2D eigenvalue weighted by Crippen LogP contribution is -2.32. The summed E-state index contributed by atoms with van der Waals surface area (Å²) in [5.74, 6) is 0.0452. The number of nitrogens with one attached hydrogen (secondary N) is 1. The molecule has 2 aliphatic heterocycles. The molecular weight excluding hydrogens is 548 g/mol. The Morgan fingerprint density at radius 3 is 2.51 bits per heavy atom. The minimum atomic E-state index is -0.677. The molecule has 2 aromatic carbocycles. The summed E-state index contributed by atoms with van der Waals surface area (Å²) in [4.78, 5) is 28.1. The Labute approximate surface area is 219 Å². The van der Waals surface area contributed by atoms with Gasteiger partial charge in [0.05, 0.1) is 29.4 Å². The number of amidine groups is 1. The standard InChI is InChI=1S/C25H21BrN4O3S2/c1-33-18-10-8-17(9-11-18)29-23(31)14-22(24(29)32)35-25(27)30-20(15-4-6-16(26)7-5-15)13-19(28-30)21-3-2-12-34-21/h2-12,20,22,27H,13-14H2,1H3/t20-,22+/m0/s1. The molecule has 3 heterocycles. The smallest absolute Gasteiger partial charge is 0.247 e. The summed E-state index contributed by atoms with van der Waals surface area (Å²) in [5.41, 5.74) is 2.44. The molecular formula is C25H21BrN4O3S2. The van der Waals surface area contributed by atoms with Crippen LogP contribution in [-0.4, -0.2) is 40.1 Å². The normalized spacial score (nSPS) is 19.9. The first-order valence-corrected chi connectivity index (χ1v) is 13.4. The van der Waals surface area contributed by atoms with Gasteiger partial charge in [-0.15, -0.1) is 11.3 Å².